The average Bonchev–Trinajstić information content (AvgIpc) is 2.39. The third kappa shape index (κ3) is 1.85. The molecule has 0 bridgehead atoms. The Labute approximate surface area is 105 Å². The number of nitrogens with two attached hydrogens (primary N) is 1. The summed E-state index contributed by atoms with van der Waals surface area (Å²) in [4.78, 5) is 4.74. The average molecular weight is 248 g/mol. The van der Waals surface area contributed by atoms with Gasteiger partial charge in [-0.05, 0) is 12.0 Å². The summed E-state index contributed by atoms with van der Waals surface area (Å²) in [5, 5.41) is 0.690. The predicted molar refractivity (Wildman–Crippen MR) is 71.1 cm³/mol. The molecule has 2 atom stereocenters. The predicted octanol–water partition coefficient (Wildman–Crippen LogP) is 1.98. The first-order valence-corrected chi connectivity index (χ1v) is 6.91. The molecule has 0 amide bonds. The van der Waals surface area contributed by atoms with Gasteiger partial charge in [0.25, 0.3) is 0 Å². The largest absolute Gasteiger partial charge is 0.379 e. The number of amidine groups is 1. The fraction of sp³-hybridized carbons (Fsp3) is 0.462. The number of rotatable bonds is 1. The van der Waals surface area contributed by atoms with Crippen LogP contribution in [0.4, 0.5) is 0 Å². The number of hydrogen-bond acceptors (Lipinski definition) is 4. The maximum atomic E-state index is 5.92. The lowest BCUT2D eigenvalue weighted by atomic mass is 9.77. The molecular formula is C13H16N2OS. The minimum Gasteiger partial charge on any atom is -0.379 e. The summed E-state index contributed by atoms with van der Waals surface area (Å²) in [6.07, 6.45) is 1.07. The Morgan fingerprint density at radius 2 is 2.18 bits per heavy atom. The van der Waals surface area contributed by atoms with E-state index in [9.17, 15) is 0 Å². The molecule has 90 valence electrons. The number of hydrogen-bond donors (Lipinski definition) is 1. The normalized spacial score (nSPS) is 32.7. The Morgan fingerprint density at radius 3 is 3.00 bits per heavy atom. The van der Waals surface area contributed by atoms with Gasteiger partial charge in [-0.15, -0.1) is 0 Å². The van der Waals surface area contributed by atoms with Gasteiger partial charge in [-0.3, -0.25) is 0 Å². The van der Waals surface area contributed by atoms with Crippen LogP contribution in [0.5, 0.6) is 0 Å². The number of fused-ring (bicyclic) bond motifs is 1. The van der Waals surface area contributed by atoms with Crippen LogP contribution in [0.3, 0.4) is 0 Å². The molecule has 3 nitrogen and oxygen atoms in total. The van der Waals surface area contributed by atoms with E-state index in [4.69, 9.17) is 15.5 Å². The van der Waals surface area contributed by atoms with E-state index in [0.29, 0.717) is 17.7 Å². The Balaban J connectivity index is 2.08. The van der Waals surface area contributed by atoms with Crippen molar-refractivity contribution in [2.75, 3.05) is 19.0 Å². The Kier molecular flexibility index (Phi) is 2.84. The molecule has 2 aliphatic rings. The maximum Gasteiger partial charge on any atom is 0.154 e. The second-order valence-electron chi connectivity index (χ2n) is 4.59. The van der Waals surface area contributed by atoms with Crippen LogP contribution >= 0.6 is 11.8 Å². The second kappa shape index (κ2) is 4.35. The van der Waals surface area contributed by atoms with Crippen molar-refractivity contribution in [3.8, 4) is 0 Å². The van der Waals surface area contributed by atoms with E-state index in [1.807, 2.05) is 6.07 Å². The molecule has 2 heterocycles. The molecule has 0 radical (unpaired) electrons. The van der Waals surface area contributed by atoms with Gasteiger partial charge in [-0.25, -0.2) is 4.99 Å². The third-order valence-electron chi connectivity index (χ3n) is 3.62. The molecule has 17 heavy (non-hydrogen) atoms. The maximum absolute atomic E-state index is 5.92. The van der Waals surface area contributed by atoms with Crippen LogP contribution in [-0.2, 0) is 10.3 Å². The molecule has 1 fully saturated rings. The first-order valence-electron chi connectivity index (χ1n) is 5.93. The molecule has 0 spiro atoms. The highest BCUT2D eigenvalue weighted by Crippen LogP contribution is 2.44. The first-order chi connectivity index (χ1) is 8.31. The lowest BCUT2D eigenvalue weighted by Gasteiger charge is -2.43. The molecule has 1 aromatic carbocycles. The SMILES string of the molecule is NC1=N[C@@]2(c3ccccc3)COCC[C@H]2CS1. The van der Waals surface area contributed by atoms with E-state index in [0.717, 1.165) is 18.8 Å². The van der Waals surface area contributed by atoms with Gasteiger partial charge in [-0.2, -0.15) is 0 Å². The van der Waals surface area contributed by atoms with E-state index < -0.39 is 0 Å². The lowest BCUT2D eigenvalue weighted by Crippen LogP contribution is -2.47. The fourth-order valence-electron chi connectivity index (χ4n) is 2.68. The van der Waals surface area contributed by atoms with Gasteiger partial charge < -0.3 is 10.5 Å². The highest BCUT2D eigenvalue weighted by atomic mass is 32.2. The molecule has 0 saturated carbocycles. The van der Waals surface area contributed by atoms with Crippen molar-refractivity contribution in [2.45, 2.75) is 12.0 Å². The van der Waals surface area contributed by atoms with Crippen molar-refractivity contribution in [2.24, 2.45) is 16.6 Å². The monoisotopic (exact) mass is 248 g/mol. The summed E-state index contributed by atoms with van der Waals surface area (Å²) < 4.78 is 5.67. The van der Waals surface area contributed by atoms with E-state index in [1.165, 1.54) is 5.56 Å². The van der Waals surface area contributed by atoms with E-state index in [1.54, 1.807) is 11.8 Å². The summed E-state index contributed by atoms with van der Waals surface area (Å²) in [6.45, 7) is 1.50. The number of benzene rings is 1. The molecule has 1 aromatic rings. The van der Waals surface area contributed by atoms with Crippen molar-refractivity contribution in [1.82, 2.24) is 0 Å². The Bertz CT molecular complexity index is 434. The van der Waals surface area contributed by atoms with E-state index in [-0.39, 0.29) is 5.54 Å². The molecule has 0 aliphatic carbocycles. The van der Waals surface area contributed by atoms with Gasteiger partial charge in [0.2, 0.25) is 0 Å². The van der Waals surface area contributed by atoms with Crippen LogP contribution in [0.1, 0.15) is 12.0 Å². The zero-order chi connectivity index (χ0) is 11.7. The van der Waals surface area contributed by atoms with Crippen LogP contribution < -0.4 is 5.73 Å². The van der Waals surface area contributed by atoms with Crippen LogP contribution in [0.25, 0.3) is 0 Å². The highest BCUT2D eigenvalue weighted by Gasteiger charge is 2.45. The third-order valence-corrected chi connectivity index (χ3v) is 4.58. The van der Waals surface area contributed by atoms with Crippen LogP contribution in [0.2, 0.25) is 0 Å². The minimum atomic E-state index is -0.241. The van der Waals surface area contributed by atoms with Crippen molar-refractivity contribution >= 4 is 16.9 Å². The second-order valence-corrected chi connectivity index (χ2v) is 5.63. The number of ether oxygens (including phenoxy) is 1. The molecule has 2 N–H and O–H groups in total. The smallest absolute Gasteiger partial charge is 0.154 e. The Morgan fingerprint density at radius 1 is 1.35 bits per heavy atom. The van der Waals surface area contributed by atoms with Gasteiger partial charge in [0, 0.05) is 18.3 Å². The minimum absolute atomic E-state index is 0.241. The molecular weight excluding hydrogens is 232 g/mol. The summed E-state index contributed by atoms with van der Waals surface area (Å²) >= 11 is 1.67. The molecule has 1 saturated heterocycles. The molecule has 2 aliphatic heterocycles. The standard InChI is InChI=1S/C13H16N2OS/c14-12-15-13(10-4-2-1-3-5-10)9-16-7-6-11(13)8-17-12/h1-5,11H,6-9H2,(H2,14,15)/t11-,13+/m0/s1. The number of aliphatic imine (C=N–C) groups is 1. The van der Waals surface area contributed by atoms with Crippen LogP contribution in [0.15, 0.2) is 35.3 Å². The van der Waals surface area contributed by atoms with Gasteiger partial charge in [0.05, 0.1) is 6.61 Å². The lowest BCUT2D eigenvalue weighted by molar-refractivity contribution is 0.00452. The Hall–Kier alpha value is -1.00. The van der Waals surface area contributed by atoms with Gasteiger partial charge in [-0.1, -0.05) is 42.1 Å². The van der Waals surface area contributed by atoms with E-state index >= 15 is 0 Å². The fourth-order valence-corrected chi connectivity index (χ4v) is 3.72. The molecule has 4 heteroatoms. The van der Waals surface area contributed by atoms with Crippen LogP contribution in [0, 0.1) is 5.92 Å². The summed E-state index contributed by atoms with van der Waals surface area (Å²) in [5.41, 5.74) is 6.91. The summed E-state index contributed by atoms with van der Waals surface area (Å²) in [7, 11) is 0. The zero-order valence-electron chi connectivity index (χ0n) is 9.63. The number of thioether (sulfide) groups is 1. The molecule has 3 rings (SSSR count). The first kappa shape index (κ1) is 11.1. The van der Waals surface area contributed by atoms with Gasteiger partial charge in [0.15, 0.2) is 5.17 Å². The molecule has 0 aromatic heterocycles. The van der Waals surface area contributed by atoms with E-state index in [2.05, 4.69) is 24.3 Å². The van der Waals surface area contributed by atoms with Crippen molar-refractivity contribution in [3.63, 3.8) is 0 Å². The van der Waals surface area contributed by atoms with Crippen molar-refractivity contribution in [3.05, 3.63) is 35.9 Å². The highest BCUT2D eigenvalue weighted by molar-refractivity contribution is 8.13. The zero-order valence-corrected chi connectivity index (χ0v) is 10.5. The van der Waals surface area contributed by atoms with Crippen molar-refractivity contribution in [1.29, 1.82) is 0 Å². The summed E-state index contributed by atoms with van der Waals surface area (Å²) in [6, 6.07) is 10.4. The quantitative estimate of drug-likeness (QED) is 0.826. The van der Waals surface area contributed by atoms with Crippen molar-refractivity contribution < 1.29 is 4.74 Å². The van der Waals surface area contributed by atoms with Gasteiger partial charge in [0.1, 0.15) is 5.54 Å². The summed E-state index contributed by atoms with van der Waals surface area (Å²) in [5.74, 6) is 1.59. The topological polar surface area (TPSA) is 47.6 Å². The molecule has 0 unspecified atom stereocenters. The van der Waals surface area contributed by atoms with Gasteiger partial charge >= 0.3 is 0 Å². The van der Waals surface area contributed by atoms with Crippen LogP contribution in [-0.4, -0.2) is 24.1 Å². The number of nitrogens with zero attached hydrogens (tertiary/aromatic N) is 1.